The molecule has 0 radical (unpaired) electrons. The van der Waals surface area contributed by atoms with Crippen LogP contribution in [0, 0.1) is 99.1 Å². The summed E-state index contributed by atoms with van der Waals surface area (Å²) in [5, 5.41) is 50.0. The Morgan fingerprint density at radius 2 is 1.00 bits per heavy atom. The standard InChI is InChI=1S/C15H21F3O3.C14H20O4.C14H20O3.C14H20O2.C13H13NO4.C11H14O5S.C11H16O4.C10H12O6.C10H10O2/c1-8(2)13(19)21-12-6-9-4-10(12)5-11(9)7-14(3,20)15(16,17)18;1-9(2)11(15)18-14-5-10-3-12(16,7-14)6-13(17,4-10)8-14;1-9(2)12(15)17-14-6-10-3-11(7-14)5-13(16,4-10)8-14;1-9(2)13(15)16-14-6-10-3-11(7-14)5-12(4-10)8-14;1-6(2)11(15)17-9-7-3-8-10(9)18-12(16)13(8,4-7)5-14;1-5(2)11(12)15-9-6-3-7-8(4-6)17(13,14)16-10(7)9;1-7(2)9(12)15-8(3)11(4)5-6-14-10(11)13;1-6(2)9(12)15-5-8(11)16-7-3-4-14-10(7)13;1-3-9-4-6-10(7-5-9)12-8(2)11/h9-12,20H,1,4-7H2,2-3H3;10,16-17H,1,3-8H2,2H3;10-11,16H,1,3-8H2,2H3;10-12H,1,3-8H2,2H3;7-10H,1,3-4H2,2H3;6-10H,1,3-4H2,2H3;8H,1,5-6H2,2-4H3;7H,1,3-5H2,2H3;3-7H,1H2,2H3. The van der Waals surface area contributed by atoms with Crippen LogP contribution in [0.2, 0.25) is 0 Å². The monoisotopic (exact) mass is 2120 g/mol. The Labute approximate surface area is 873 Å². The lowest BCUT2D eigenvalue weighted by atomic mass is 9.50. The molecule has 18 bridgehead atoms. The molecule has 22 unspecified atom stereocenters. The highest BCUT2D eigenvalue weighted by Gasteiger charge is 2.73. The van der Waals surface area contributed by atoms with Crippen LogP contribution in [-0.4, -0.2) is 220 Å². The highest BCUT2D eigenvalue weighted by molar-refractivity contribution is 7.87. The van der Waals surface area contributed by atoms with E-state index in [0.717, 1.165) is 114 Å². The van der Waals surface area contributed by atoms with E-state index in [4.69, 9.17) is 56.3 Å². The van der Waals surface area contributed by atoms with Gasteiger partial charge in [-0.15, -0.1) is 0 Å². The summed E-state index contributed by atoms with van der Waals surface area (Å²) in [6, 6.07) is 9.26. The summed E-state index contributed by atoms with van der Waals surface area (Å²) in [5.41, 5.74) is -3.96. The molecule has 4 heterocycles. The van der Waals surface area contributed by atoms with Gasteiger partial charge in [-0.25, -0.2) is 47.9 Å². The van der Waals surface area contributed by atoms with Crippen LogP contribution in [0.15, 0.2) is 128 Å². The predicted molar refractivity (Wildman–Crippen MR) is 531 cm³/mol. The predicted octanol–water partition coefficient (Wildman–Crippen LogP) is 15.0. The molecule has 38 heteroatoms. The molecule has 22 fully saturated rings. The van der Waals surface area contributed by atoms with Crippen LogP contribution < -0.4 is 4.74 Å². The average Bonchev–Trinajstić information content (AvgIpc) is 1.53. The molecule has 1 aromatic rings. The maximum absolute atomic E-state index is 12.7. The fraction of sp³-hybridized carbons (Fsp3) is 0.661. The number of ether oxygens (including phenoxy) is 13. The zero-order valence-corrected chi connectivity index (χ0v) is 88.7. The van der Waals surface area contributed by atoms with E-state index in [1.54, 1.807) is 80.5 Å². The van der Waals surface area contributed by atoms with Gasteiger partial charge in [0, 0.05) is 114 Å². The van der Waals surface area contributed by atoms with E-state index >= 15 is 0 Å². The Bertz CT molecular complexity index is 5620. The van der Waals surface area contributed by atoms with Gasteiger partial charge in [-0.3, -0.25) is 18.6 Å². The molecular weight excluding hydrogens is 1980 g/mol. The number of rotatable bonds is 23. The fourth-order valence-corrected chi connectivity index (χ4v) is 29.1. The van der Waals surface area contributed by atoms with Gasteiger partial charge in [0.1, 0.15) is 64.6 Å². The average molecular weight is 2120 g/mol. The van der Waals surface area contributed by atoms with Crippen LogP contribution in [0.25, 0.3) is 6.08 Å². The van der Waals surface area contributed by atoms with Gasteiger partial charge in [-0.2, -0.15) is 26.9 Å². The number of hydrogen-bond acceptors (Lipinski definition) is 34. The van der Waals surface area contributed by atoms with Crippen molar-refractivity contribution in [1.29, 1.82) is 5.26 Å². The minimum Gasteiger partial charge on any atom is -0.465 e. The van der Waals surface area contributed by atoms with E-state index in [9.17, 15) is 110 Å². The third-order valence-electron chi connectivity index (χ3n) is 33.1. The number of nitriles is 1. The van der Waals surface area contributed by atoms with E-state index in [1.807, 2.05) is 12.1 Å². The lowest BCUT2D eigenvalue weighted by Crippen LogP contribution is -2.66. The van der Waals surface area contributed by atoms with Gasteiger partial charge in [0.05, 0.1) is 41.3 Å². The summed E-state index contributed by atoms with van der Waals surface area (Å²) in [6.45, 7) is 50.5. The van der Waals surface area contributed by atoms with Crippen molar-refractivity contribution in [1.82, 2.24) is 0 Å². The molecular formula is C112H146F3NO33S. The topological polar surface area (TPSA) is 490 Å². The summed E-state index contributed by atoms with van der Waals surface area (Å²) < 4.78 is 134. The molecule has 18 aliphatic carbocycles. The Kier molecular flexibility index (Phi) is 35.9. The molecule has 22 atom stereocenters. The third kappa shape index (κ3) is 27.2. The van der Waals surface area contributed by atoms with Crippen LogP contribution >= 0.6 is 0 Å². The highest BCUT2D eigenvalue weighted by atomic mass is 32.2. The first kappa shape index (κ1) is 118. The number of carbonyl (C=O) groups excluding carboxylic acids is 13. The molecule has 1 aromatic carbocycles. The molecule has 824 valence electrons. The zero-order valence-electron chi connectivity index (χ0n) is 87.9. The molecule has 34 nitrogen and oxygen atoms in total. The number of esters is 13. The van der Waals surface area contributed by atoms with E-state index < -0.39 is 158 Å². The molecule has 0 amide bonds. The summed E-state index contributed by atoms with van der Waals surface area (Å²) in [7, 11) is -3.43. The molecule has 0 spiro atoms. The second-order valence-corrected chi connectivity index (χ2v) is 48.4. The maximum atomic E-state index is 12.7. The van der Waals surface area contributed by atoms with Crippen molar-refractivity contribution in [2.75, 3.05) is 19.8 Å². The molecule has 4 N–H and O–H groups in total. The van der Waals surface area contributed by atoms with Crippen molar-refractivity contribution >= 4 is 93.8 Å². The van der Waals surface area contributed by atoms with Gasteiger partial charge in [-0.05, 0) is 288 Å². The van der Waals surface area contributed by atoms with E-state index in [1.165, 1.54) is 39.5 Å². The molecule has 4 aliphatic heterocycles. The summed E-state index contributed by atoms with van der Waals surface area (Å²) >= 11 is 0. The first-order valence-electron chi connectivity index (χ1n) is 51.6. The van der Waals surface area contributed by atoms with Crippen molar-refractivity contribution in [3.05, 3.63) is 134 Å². The van der Waals surface area contributed by atoms with Gasteiger partial charge >= 0.3 is 83.8 Å². The second-order valence-electron chi connectivity index (χ2n) is 46.6. The summed E-state index contributed by atoms with van der Waals surface area (Å²) in [4.78, 5) is 148. The molecule has 4 saturated heterocycles. The van der Waals surface area contributed by atoms with Crippen molar-refractivity contribution in [3.8, 4) is 11.8 Å². The molecule has 22 aliphatic rings. The summed E-state index contributed by atoms with van der Waals surface area (Å²) in [6.07, 6.45) is 15.4. The first-order valence-corrected chi connectivity index (χ1v) is 53.1. The van der Waals surface area contributed by atoms with Gasteiger partial charge in [-0.1, -0.05) is 77.4 Å². The Hall–Kier alpha value is -11.0. The quantitative estimate of drug-likeness (QED) is 0.0260. The van der Waals surface area contributed by atoms with Crippen LogP contribution in [0.3, 0.4) is 0 Å². The number of alkyl halides is 3. The Morgan fingerprint density at radius 3 is 1.45 bits per heavy atom. The van der Waals surface area contributed by atoms with Crippen LogP contribution in [0.1, 0.15) is 268 Å². The molecule has 0 aromatic heterocycles. The number of hydrogen-bond donors (Lipinski definition) is 4. The Balaban J connectivity index is 0.000000150. The van der Waals surface area contributed by atoms with Gasteiger partial charge in [0.15, 0.2) is 17.6 Å². The van der Waals surface area contributed by atoms with Crippen LogP contribution in [0.4, 0.5) is 13.2 Å². The number of cyclic esters (lactones) is 2. The van der Waals surface area contributed by atoms with Gasteiger partial charge in [0.25, 0.3) is 10.1 Å². The normalized spacial score (nSPS) is 36.5. The molecule has 150 heavy (non-hydrogen) atoms. The molecule has 18 saturated carbocycles. The van der Waals surface area contributed by atoms with E-state index in [-0.39, 0.29) is 107 Å². The third-order valence-corrected chi connectivity index (χ3v) is 34.9. The largest absolute Gasteiger partial charge is 0.465 e. The number of carbonyl (C=O) groups is 13. The number of halogens is 3. The van der Waals surface area contributed by atoms with Gasteiger partial charge < -0.3 is 82.0 Å². The van der Waals surface area contributed by atoms with E-state index in [2.05, 4.69) is 74.8 Å². The first-order chi connectivity index (χ1) is 69.7. The number of benzene rings is 1. The molecule has 23 rings (SSSR count). The number of fused-ring (bicyclic) bond motifs is 4. The van der Waals surface area contributed by atoms with Crippen molar-refractivity contribution in [2.45, 2.75) is 356 Å². The fourth-order valence-electron chi connectivity index (χ4n) is 27.2. The zero-order chi connectivity index (χ0) is 111. The van der Waals surface area contributed by atoms with E-state index in [0.29, 0.717) is 127 Å². The number of aliphatic hydroxyl groups is 4. The highest BCUT2D eigenvalue weighted by Crippen LogP contribution is 2.65. The lowest BCUT2D eigenvalue weighted by Gasteiger charge is -2.62. The van der Waals surface area contributed by atoms with Gasteiger partial charge in [0.2, 0.25) is 6.10 Å². The van der Waals surface area contributed by atoms with Crippen molar-refractivity contribution in [3.63, 3.8) is 0 Å². The number of nitrogens with zero attached hydrogens (tertiary/aromatic N) is 1. The second kappa shape index (κ2) is 45.7. The van der Waals surface area contributed by atoms with Crippen molar-refractivity contribution in [2.24, 2.45) is 87.8 Å². The summed E-state index contributed by atoms with van der Waals surface area (Å²) in [5.74, 6) is -1.34. The minimum absolute atomic E-state index is 0.00733. The van der Waals surface area contributed by atoms with Crippen LogP contribution in [-0.2, 0) is 133 Å². The van der Waals surface area contributed by atoms with Crippen molar-refractivity contribution < 1.29 is 170 Å². The maximum Gasteiger partial charge on any atom is 0.416 e. The SMILES string of the molecule is C=C(C)C(=O)OC(C)C1(C)CCOC1=O.C=C(C)C(=O)OC12CC3CC(CC(C3)C1)C2.C=C(C)C(=O)OC12CC3CC(CC(O)(C3)C1)C2.C=C(C)C(=O)OC12CC3CC(O)(CC(O)(C3)C1)C2.C=C(C)C(=O)OC1C2CC3C1OC(=O)C3(C#N)C2.C=C(C)C(=O)OC1C2CC3C1OS(=O)(=O)C3C2.C=C(C)C(=O)OC1CC2CC1CC2CC(C)(O)C(F)(F)F.C=C(C)C(=O)OCC(=O)OC1CCOC1=O.C=Cc1ccc(OC(C)=O)cc1. The lowest BCUT2D eigenvalue weighted by molar-refractivity contribution is -0.260. The smallest absolute Gasteiger partial charge is 0.416 e. The Morgan fingerprint density at radius 1 is 0.520 bits per heavy atom. The van der Waals surface area contributed by atoms with Crippen LogP contribution in [0.5, 0.6) is 5.75 Å². The minimum atomic E-state index is -4.61.